The van der Waals surface area contributed by atoms with E-state index in [9.17, 15) is 8.42 Å². The van der Waals surface area contributed by atoms with Gasteiger partial charge in [-0.3, -0.25) is 0 Å². The third-order valence-electron chi connectivity index (χ3n) is 2.66. The fourth-order valence-corrected chi connectivity index (χ4v) is 4.34. The van der Waals surface area contributed by atoms with Crippen molar-refractivity contribution < 1.29 is 13.2 Å². The summed E-state index contributed by atoms with van der Waals surface area (Å²) in [5.74, 6) is 0.386. The molecule has 0 unspecified atom stereocenters. The van der Waals surface area contributed by atoms with Crippen molar-refractivity contribution in [2.45, 2.75) is 18.1 Å². The van der Waals surface area contributed by atoms with Gasteiger partial charge in [0.2, 0.25) is 0 Å². The maximum Gasteiger partial charge on any atom is 0.256 e. The molecule has 0 radical (unpaired) electrons. The maximum absolute atomic E-state index is 12.4. The molecule has 1 aromatic rings. The number of nitrogens with two attached hydrogens (primary N) is 1. The minimum absolute atomic E-state index is 0. The zero-order valence-corrected chi connectivity index (χ0v) is 14.0. The normalized spacial score (nSPS) is 12.3. The second kappa shape index (κ2) is 6.90. The number of methoxy groups -OCH3 is 1. The van der Waals surface area contributed by atoms with Gasteiger partial charge in [-0.25, -0.2) is 8.42 Å². The lowest BCUT2D eigenvalue weighted by molar-refractivity contribution is 0.291. The van der Waals surface area contributed by atoms with Gasteiger partial charge in [0.15, 0.2) is 4.21 Å². The summed E-state index contributed by atoms with van der Waals surface area (Å²) in [5, 5.41) is 1.70. The van der Waals surface area contributed by atoms with E-state index in [-0.39, 0.29) is 22.0 Å². The van der Waals surface area contributed by atoms with Gasteiger partial charge in [0, 0.05) is 13.6 Å². The van der Waals surface area contributed by atoms with E-state index in [0.29, 0.717) is 18.8 Å². The van der Waals surface area contributed by atoms with Gasteiger partial charge >= 0.3 is 0 Å². The zero-order chi connectivity index (χ0) is 14.0. The Morgan fingerprint density at radius 2 is 2.05 bits per heavy atom. The van der Waals surface area contributed by atoms with Crippen LogP contribution in [0.4, 0.5) is 0 Å². The molecular formula is C11H21ClN2O3S2. The summed E-state index contributed by atoms with van der Waals surface area (Å²) in [4.78, 5) is 0. The smallest absolute Gasteiger partial charge is 0.256 e. The molecule has 0 bridgehead atoms. The summed E-state index contributed by atoms with van der Waals surface area (Å²) in [6.45, 7) is 4.66. The van der Waals surface area contributed by atoms with Crippen molar-refractivity contribution in [2.24, 2.45) is 11.1 Å². The first-order chi connectivity index (χ1) is 8.24. The van der Waals surface area contributed by atoms with Crippen LogP contribution in [0.2, 0.25) is 0 Å². The second-order valence-electron chi connectivity index (χ2n) is 4.91. The molecule has 0 atom stereocenters. The van der Waals surface area contributed by atoms with E-state index < -0.39 is 10.0 Å². The Bertz CT molecular complexity index is 500. The summed E-state index contributed by atoms with van der Waals surface area (Å²) in [6.07, 6.45) is 0. The molecule has 5 nitrogen and oxygen atoms in total. The molecule has 0 amide bonds. The van der Waals surface area contributed by atoms with Crippen LogP contribution in [0.15, 0.2) is 15.7 Å². The van der Waals surface area contributed by atoms with Crippen LogP contribution >= 0.6 is 23.7 Å². The topological polar surface area (TPSA) is 72.6 Å². The van der Waals surface area contributed by atoms with Gasteiger partial charge in [-0.05, 0) is 23.4 Å². The highest BCUT2D eigenvalue weighted by Crippen LogP contribution is 2.32. The van der Waals surface area contributed by atoms with Crippen LogP contribution in [-0.2, 0) is 10.0 Å². The number of hydrogen-bond acceptors (Lipinski definition) is 5. The van der Waals surface area contributed by atoms with Crippen molar-refractivity contribution in [1.29, 1.82) is 0 Å². The summed E-state index contributed by atoms with van der Waals surface area (Å²) in [7, 11) is -0.486. The van der Waals surface area contributed by atoms with Gasteiger partial charge in [0.1, 0.15) is 5.75 Å². The molecule has 0 aliphatic rings. The Morgan fingerprint density at radius 1 is 1.47 bits per heavy atom. The fraction of sp³-hybridized carbons (Fsp3) is 0.636. The van der Waals surface area contributed by atoms with Crippen LogP contribution in [0.1, 0.15) is 13.8 Å². The Kier molecular flexibility index (Phi) is 6.77. The third-order valence-corrected chi connectivity index (χ3v) is 5.89. The predicted octanol–water partition coefficient (Wildman–Crippen LogP) is 1.78. The molecule has 2 N–H and O–H groups in total. The number of sulfonamides is 1. The third kappa shape index (κ3) is 4.32. The van der Waals surface area contributed by atoms with Crippen LogP contribution in [0.3, 0.4) is 0 Å². The van der Waals surface area contributed by atoms with Gasteiger partial charge < -0.3 is 10.5 Å². The Hall–Kier alpha value is -0.340. The fourth-order valence-electron chi connectivity index (χ4n) is 1.52. The predicted molar refractivity (Wildman–Crippen MR) is 80.8 cm³/mol. The second-order valence-corrected chi connectivity index (χ2v) is 8.06. The summed E-state index contributed by atoms with van der Waals surface area (Å²) in [5.41, 5.74) is 5.37. The van der Waals surface area contributed by atoms with E-state index in [1.807, 2.05) is 13.8 Å². The van der Waals surface area contributed by atoms with Gasteiger partial charge in [-0.2, -0.15) is 4.31 Å². The van der Waals surface area contributed by atoms with Crippen LogP contribution < -0.4 is 10.5 Å². The van der Waals surface area contributed by atoms with Gasteiger partial charge in [-0.15, -0.1) is 23.7 Å². The van der Waals surface area contributed by atoms with E-state index >= 15 is 0 Å². The summed E-state index contributed by atoms with van der Waals surface area (Å²) in [6, 6.07) is 1.65. The molecule has 8 heteroatoms. The Balaban J connectivity index is 0.00000324. The van der Waals surface area contributed by atoms with Crippen molar-refractivity contribution in [2.75, 3.05) is 27.2 Å². The average molecular weight is 329 g/mol. The Labute approximate surface area is 125 Å². The lowest BCUT2D eigenvalue weighted by atomic mass is 9.94. The summed E-state index contributed by atoms with van der Waals surface area (Å²) < 4.78 is 31.4. The van der Waals surface area contributed by atoms with Crippen molar-refractivity contribution in [3.05, 3.63) is 11.4 Å². The molecular weight excluding hydrogens is 308 g/mol. The highest BCUT2D eigenvalue weighted by Gasteiger charge is 2.30. The minimum atomic E-state index is -3.51. The van der Waals surface area contributed by atoms with E-state index in [1.54, 1.807) is 18.5 Å². The molecule has 1 heterocycles. The van der Waals surface area contributed by atoms with Crippen LogP contribution in [-0.4, -0.2) is 40.0 Å². The molecule has 1 aromatic heterocycles. The number of rotatable bonds is 6. The van der Waals surface area contributed by atoms with Crippen molar-refractivity contribution in [1.82, 2.24) is 4.31 Å². The molecule has 19 heavy (non-hydrogen) atoms. The van der Waals surface area contributed by atoms with Crippen molar-refractivity contribution in [3.63, 3.8) is 0 Å². The maximum atomic E-state index is 12.4. The first kappa shape index (κ1) is 18.7. The number of thiophene rings is 1. The lowest BCUT2D eigenvalue weighted by Crippen LogP contribution is -2.39. The molecule has 0 aromatic carbocycles. The Morgan fingerprint density at radius 3 is 2.53 bits per heavy atom. The standard InChI is InChI=1S/C11H20N2O3S2.ClH/c1-11(2,7-12)8-13(3)18(14,15)10-9(16-4)5-6-17-10;/h5-6H,7-8,12H2,1-4H3;1H. The number of nitrogens with zero attached hydrogens (tertiary/aromatic N) is 1. The molecule has 0 aliphatic heterocycles. The zero-order valence-electron chi connectivity index (χ0n) is 11.5. The van der Waals surface area contributed by atoms with Crippen LogP contribution in [0, 0.1) is 5.41 Å². The van der Waals surface area contributed by atoms with Crippen molar-refractivity contribution in [3.8, 4) is 5.75 Å². The molecule has 0 saturated heterocycles. The molecule has 0 saturated carbocycles. The lowest BCUT2D eigenvalue weighted by Gasteiger charge is -2.28. The number of ether oxygens (including phenoxy) is 1. The highest BCUT2D eigenvalue weighted by atomic mass is 35.5. The first-order valence-electron chi connectivity index (χ1n) is 5.52. The van der Waals surface area contributed by atoms with E-state index in [1.165, 1.54) is 11.4 Å². The number of hydrogen-bond donors (Lipinski definition) is 1. The quantitative estimate of drug-likeness (QED) is 0.864. The van der Waals surface area contributed by atoms with Gasteiger partial charge in [-0.1, -0.05) is 13.8 Å². The molecule has 1 rings (SSSR count). The average Bonchev–Trinajstić information content (AvgIpc) is 2.77. The highest BCUT2D eigenvalue weighted by molar-refractivity contribution is 7.91. The number of halogens is 1. The molecule has 0 aliphatic carbocycles. The van der Waals surface area contributed by atoms with Gasteiger partial charge in [0.05, 0.1) is 7.11 Å². The van der Waals surface area contributed by atoms with E-state index in [0.717, 1.165) is 11.3 Å². The van der Waals surface area contributed by atoms with Crippen LogP contribution in [0.25, 0.3) is 0 Å². The largest absolute Gasteiger partial charge is 0.494 e. The summed E-state index contributed by atoms with van der Waals surface area (Å²) >= 11 is 1.16. The van der Waals surface area contributed by atoms with E-state index in [4.69, 9.17) is 10.5 Å². The molecule has 0 fully saturated rings. The first-order valence-corrected chi connectivity index (χ1v) is 7.84. The molecule has 112 valence electrons. The molecule has 0 spiro atoms. The monoisotopic (exact) mass is 328 g/mol. The SMILES string of the molecule is COc1ccsc1S(=O)(=O)N(C)CC(C)(C)CN.Cl. The minimum Gasteiger partial charge on any atom is -0.494 e. The van der Waals surface area contributed by atoms with Gasteiger partial charge in [0.25, 0.3) is 10.0 Å². The van der Waals surface area contributed by atoms with E-state index in [2.05, 4.69) is 0 Å². The van der Waals surface area contributed by atoms with Crippen molar-refractivity contribution >= 4 is 33.8 Å². The van der Waals surface area contributed by atoms with Crippen LogP contribution in [0.5, 0.6) is 5.75 Å².